The number of fused-ring (bicyclic) bond motifs is 1. The number of halogens is 3. The Labute approximate surface area is 158 Å². The minimum Gasteiger partial charge on any atom is -0.383 e. The number of nitrogen functional groups attached to an aromatic ring is 1. The molecule has 27 heavy (non-hydrogen) atoms. The van der Waals surface area contributed by atoms with E-state index in [1.165, 1.54) is 18.2 Å². The maximum absolute atomic E-state index is 14.1. The van der Waals surface area contributed by atoms with Crippen LogP contribution in [0, 0.1) is 18.6 Å². The molecule has 0 aliphatic carbocycles. The van der Waals surface area contributed by atoms with Crippen LogP contribution in [0.25, 0.3) is 22.4 Å². The highest BCUT2D eigenvalue weighted by atomic mass is 35.5. The molecule has 2 N–H and O–H groups in total. The van der Waals surface area contributed by atoms with Crippen LogP contribution in [-0.4, -0.2) is 19.7 Å². The lowest BCUT2D eigenvalue weighted by Gasteiger charge is -2.07. The van der Waals surface area contributed by atoms with Crippen molar-refractivity contribution in [3.8, 4) is 11.4 Å². The zero-order valence-corrected chi connectivity index (χ0v) is 15.0. The first-order valence-electron chi connectivity index (χ1n) is 8.13. The van der Waals surface area contributed by atoms with E-state index in [4.69, 9.17) is 17.3 Å². The molecule has 2 aromatic carbocycles. The molecule has 4 aromatic rings. The number of hydrogen-bond donors (Lipinski definition) is 1. The summed E-state index contributed by atoms with van der Waals surface area (Å²) in [5.74, 6) is -0.168. The molecule has 0 atom stereocenters. The van der Waals surface area contributed by atoms with Gasteiger partial charge < -0.3 is 5.73 Å². The van der Waals surface area contributed by atoms with Crippen LogP contribution in [0.2, 0.25) is 5.02 Å². The SMILES string of the molecule is Cc1c2c(N)nc(-c3ccc(F)cc3)nc2nn1Cc1c(F)cccc1Cl. The average molecular weight is 386 g/mol. The van der Waals surface area contributed by atoms with E-state index in [1.54, 1.807) is 35.9 Å². The van der Waals surface area contributed by atoms with E-state index in [1.807, 2.05) is 0 Å². The number of nitrogens with two attached hydrogens (primary N) is 1. The van der Waals surface area contributed by atoms with Crippen LogP contribution in [0.1, 0.15) is 11.3 Å². The quantitative estimate of drug-likeness (QED) is 0.568. The average Bonchev–Trinajstić information content (AvgIpc) is 2.95. The normalized spacial score (nSPS) is 11.3. The molecule has 0 unspecified atom stereocenters. The molecule has 5 nitrogen and oxygen atoms in total. The van der Waals surface area contributed by atoms with Gasteiger partial charge in [0.05, 0.1) is 11.9 Å². The van der Waals surface area contributed by atoms with Crippen molar-refractivity contribution in [1.82, 2.24) is 19.7 Å². The van der Waals surface area contributed by atoms with Gasteiger partial charge in [-0.3, -0.25) is 4.68 Å². The fourth-order valence-electron chi connectivity index (χ4n) is 2.92. The van der Waals surface area contributed by atoms with Crippen LogP contribution < -0.4 is 5.73 Å². The second kappa shape index (κ2) is 6.59. The lowest BCUT2D eigenvalue weighted by molar-refractivity contribution is 0.582. The minimum absolute atomic E-state index is 0.138. The number of hydrogen-bond acceptors (Lipinski definition) is 4. The van der Waals surface area contributed by atoms with Gasteiger partial charge in [0.1, 0.15) is 17.5 Å². The van der Waals surface area contributed by atoms with Crippen molar-refractivity contribution < 1.29 is 8.78 Å². The first-order chi connectivity index (χ1) is 12.9. The Morgan fingerprint density at radius 1 is 1.07 bits per heavy atom. The van der Waals surface area contributed by atoms with Crippen molar-refractivity contribution in [2.75, 3.05) is 5.73 Å². The van der Waals surface area contributed by atoms with Crippen LogP contribution in [0.4, 0.5) is 14.6 Å². The van der Waals surface area contributed by atoms with Crippen molar-refractivity contribution in [2.45, 2.75) is 13.5 Å². The maximum atomic E-state index is 14.1. The Morgan fingerprint density at radius 2 is 1.81 bits per heavy atom. The molecule has 0 aliphatic rings. The van der Waals surface area contributed by atoms with Crippen molar-refractivity contribution >= 4 is 28.5 Å². The molecular formula is C19H14ClF2N5. The third kappa shape index (κ3) is 3.10. The summed E-state index contributed by atoms with van der Waals surface area (Å²) in [5.41, 5.74) is 8.15. The summed E-state index contributed by atoms with van der Waals surface area (Å²) in [6.07, 6.45) is 0. The Bertz CT molecular complexity index is 1130. The van der Waals surface area contributed by atoms with E-state index < -0.39 is 5.82 Å². The predicted octanol–water partition coefficient (Wildman–Crippen LogP) is 4.36. The molecule has 0 amide bonds. The van der Waals surface area contributed by atoms with Crippen molar-refractivity contribution in [1.29, 1.82) is 0 Å². The van der Waals surface area contributed by atoms with Gasteiger partial charge in [-0.2, -0.15) is 5.10 Å². The molecular weight excluding hydrogens is 372 g/mol. The smallest absolute Gasteiger partial charge is 0.187 e. The second-order valence-electron chi connectivity index (χ2n) is 6.08. The summed E-state index contributed by atoms with van der Waals surface area (Å²) < 4.78 is 28.8. The lowest BCUT2D eigenvalue weighted by atomic mass is 10.2. The molecule has 8 heteroatoms. The number of rotatable bonds is 3. The molecule has 0 fully saturated rings. The molecule has 2 aromatic heterocycles. The monoisotopic (exact) mass is 385 g/mol. The molecule has 0 saturated heterocycles. The summed E-state index contributed by atoms with van der Waals surface area (Å²) in [7, 11) is 0. The molecule has 2 heterocycles. The third-order valence-corrected chi connectivity index (χ3v) is 4.71. The van der Waals surface area contributed by atoms with Gasteiger partial charge in [-0.05, 0) is 43.3 Å². The molecule has 0 spiro atoms. The van der Waals surface area contributed by atoms with Crippen LogP contribution >= 0.6 is 11.6 Å². The van der Waals surface area contributed by atoms with Gasteiger partial charge in [-0.1, -0.05) is 17.7 Å². The summed E-state index contributed by atoms with van der Waals surface area (Å²) >= 11 is 6.12. The van der Waals surface area contributed by atoms with E-state index in [-0.39, 0.29) is 18.2 Å². The highest BCUT2D eigenvalue weighted by molar-refractivity contribution is 6.31. The van der Waals surface area contributed by atoms with Gasteiger partial charge in [0, 0.05) is 21.8 Å². The molecule has 0 radical (unpaired) electrons. The summed E-state index contributed by atoms with van der Waals surface area (Å²) in [4.78, 5) is 8.74. The van der Waals surface area contributed by atoms with Crippen LogP contribution in [0.5, 0.6) is 0 Å². The minimum atomic E-state index is -0.410. The molecule has 4 rings (SSSR count). The number of aromatic nitrogens is 4. The van der Waals surface area contributed by atoms with Crippen LogP contribution in [-0.2, 0) is 6.54 Å². The van der Waals surface area contributed by atoms with Crippen molar-refractivity contribution in [2.24, 2.45) is 0 Å². The lowest BCUT2D eigenvalue weighted by Crippen LogP contribution is -2.06. The molecule has 0 saturated carbocycles. The number of aryl methyl sites for hydroxylation is 1. The first kappa shape index (κ1) is 17.4. The van der Waals surface area contributed by atoms with Crippen molar-refractivity contribution in [3.05, 3.63) is 70.4 Å². The largest absolute Gasteiger partial charge is 0.383 e. The van der Waals surface area contributed by atoms with E-state index in [0.29, 0.717) is 38.7 Å². The van der Waals surface area contributed by atoms with E-state index in [0.717, 1.165) is 0 Å². The summed E-state index contributed by atoms with van der Waals surface area (Å²) in [5, 5.41) is 5.35. The van der Waals surface area contributed by atoms with Crippen molar-refractivity contribution in [3.63, 3.8) is 0 Å². The topological polar surface area (TPSA) is 69.6 Å². The highest BCUT2D eigenvalue weighted by Gasteiger charge is 2.17. The van der Waals surface area contributed by atoms with E-state index in [2.05, 4.69) is 15.1 Å². The van der Waals surface area contributed by atoms with Gasteiger partial charge in [0.2, 0.25) is 0 Å². The first-order valence-corrected chi connectivity index (χ1v) is 8.51. The van der Waals surface area contributed by atoms with Crippen LogP contribution in [0.3, 0.4) is 0 Å². The number of nitrogens with zero attached hydrogens (tertiary/aromatic N) is 4. The van der Waals surface area contributed by atoms with E-state index in [9.17, 15) is 8.78 Å². The van der Waals surface area contributed by atoms with Gasteiger partial charge in [-0.25, -0.2) is 18.7 Å². The molecule has 0 aliphatic heterocycles. The highest BCUT2D eigenvalue weighted by Crippen LogP contribution is 2.27. The Morgan fingerprint density at radius 3 is 2.52 bits per heavy atom. The van der Waals surface area contributed by atoms with E-state index >= 15 is 0 Å². The number of anilines is 1. The fourth-order valence-corrected chi connectivity index (χ4v) is 3.14. The Balaban J connectivity index is 1.81. The van der Waals surface area contributed by atoms with Gasteiger partial charge >= 0.3 is 0 Å². The van der Waals surface area contributed by atoms with Gasteiger partial charge in [0.15, 0.2) is 11.5 Å². The van der Waals surface area contributed by atoms with Gasteiger partial charge in [0.25, 0.3) is 0 Å². The standard InChI is InChI=1S/C19H14ClF2N5/c1-10-16-17(23)24-18(11-5-7-12(21)8-6-11)25-19(16)26-27(10)9-13-14(20)3-2-4-15(13)22/h2-8H,9H2,1H3,(H2,23,24,25,26). The third-order valence-electron chi connectivity index (χ3n) is 4.35. The summed E-state index contributed by atoms with van der Waals surface area (Å²) in [6.45, 7) is 1.94. The van der Waals surface area contributed by atoms with Crippen LogP contribution in [0.15, 0.2) is 42.5 Å². The zero-order chi connectivity index (χ0) is 19.1. The maximum Gasteiger partial charge on any atom is 0.187 e. The predicted molar refractivity (Wildman–Crippen MR) is 100 cm³/mol. The molecule has 136 valence electrons. The Kier molecular flexibility index (Phi) is 4.24. The zero-order valence-electron chi connectivity index (χ0n) is 14.2. The summed E-state index contributed by atoms with van der Waals surface area (Å²) in [6, 6.07) is 10.3. The number of benzene rings is 2. The fraction of sp³-hybridized carbons (Fsp3) is 0.105. The Hall–Kier alpha value is -3.06. The van der Waals surface area contributed by atoms with Gasteiger partial charge in [-0.15, -0.1) is 0 Å². The second-order valence-corrected chi connectivity index (χ2v) is 6.49. The molecule has 0 bridgehead atoms.